The van der Waals surface area contributed by atoms with Crippen molar-refractivity contribution in [2.24, 2.45) is 0 Å². The van der Waals surface area contributed by atoms with Crippen molar-refractivity contribution in [3.05, 3.63) is 35.8 Å². The predicted molar refractivity (Wildman–Crippen MR) is 65.2 cm³/mol. The minimum Gasteiger partial charge on any atom is -0.382 e. The van der Waals surface area contributed by atoms with Crippen molar-refractivity contribution in [2.45, 2.75) is 16.8 Å². The van der Waals surface area contributed by atoms with Gasteiger partial charge in [0.2, 0.25) is 3.79 Å². The number of fused-ring (bicyclic) bond motifs is 1. The number of rotatable bonds is 1. The van der Waals surface area contributed by atoms with E-state index in [9.17, 15) is 5.11 Å². The van der Waals surface area contributed by atoms with Crippen LogP contribution in [0.2, 0.25) is 0 Å². The van der Waals surface area contributed by atoms with Gasteiger partial charge in [-0.2, -0.15) is 0 Å². The lowest BCUT2D eigenvalue weighted by molar-refractivity contribution is 0.176. The molecule has 0 aliphatic rings. The lowest BCUT2D eigenvalue weighted by Gasteiger charge is -2.19. The van der Waals surface area contributed by atoms with Crippen LogP contribution in [0.1, 0.15) is 17.5 Å². The SMILES string of the molecule is Cc1nc2ccccn2c1C(O)C(Cl)(Cl)Cl. The Morgan fingerprint density at radius 1 is 1.38 bits per heavy atom. The number of pyridine rings is 1. The molecular weight excluding hydrogens is 270 g/mol. The van der Waals surface area contributed by atoms with Crippen LogP contribution in [0.25, 0.3) is 5.65 Å². The Labute approximate surface area is 108 Å². The smallest absolute Gasteiger partial charge is 0.221 e. The number of aliphatic hydroxyl groups is 1. The fraction of sp³-hybridized carbons (Fsp3) is 0.300. The maximum atomic E-state index is 9.97. The van der Waals surface area contributed by atoms with Gasteiger partial charge >= 0.3 is 0 Å². The first-order chi connectivity index (χ1) is 7.41. The van der Waals surface area contributed by atoms with Crippen LogP contribution in [0.15, 0.2) is 24.4 Å². The summed E-state index contributed by atoms with van der Waals surface area (Å²) in [6.07, 6.45) is 0.555. The van der Waals surface area contributed by atoms with Crippen molar-refractivity contribution in [1.82, 2.24) is 9.38 Å². The normalized spacial score (nSPS) is 14.3. The molecular formula is C10H9Cl3N2O. The molecule has 0 fully saturated rings. The zero-order valence-corrected chi connectivity index (χ0v) is 10.6. The number of aromatic nitrogens is 2. The molecule has 0 radical (unpaired) electrons. The highest BCUT2D eigenvalue weighted by atomic mass is 35.6. The Hall–Kier alpha value is -0.480. The minimum atomic E-state index is -1.77. The highest BCUT2D eigenvalue weighted by molar-refractivity contribution is 6.68. The highest BCUT2D eigenvalue weighted by Gasteiger charge is 2.35. The predicted octanol–water partition coefficient (Wildman–Crippen LogP) is 3.05. The van der Waals surface area contributed by atoms with Gasteiger partial charge < -0.3 is 9.51 Å². The molecule has 0 aliphatic carbocycles. The zero-order chi connectivity index (χ0) is 11.9. The second-order valence-electron chi connectivity index (χ2n) is 3.46. The third-order valence-electron chi connectivity index (χ3n) is 2.32. The van der Waals surface area contributed by atoms with E-state index in [4.69, 9.17) is 34.8 Å². The molecule has 1 atom stereocenters. The second-order valence-corrected chi connectivity index (χ2v) is 5.82. The van der Waals surface area contributed by atoms with E-state index >= 15 is 0 Å². The topological polar surface area (TPSA) is 37.5 Å². The maximum Gasteiger partial charge on any atom is 0.221 e. The molecule has 3 nitrogen and oxygen atoms in total. The van der Waals surface area contributed by atoms with E-state index in [2.05, 4.69) is 4.98 Å². The number of imidazole rings is 1. The third-order valence-corrected chi connectivity index (χ3v) is 2.94. The average Bonchev–Trinajstić information content (AvgIpc) is 2.51. The molecule has 2 rings (SSSR count). The van der Waals surface area contributed by atoms with E-state index in [0.29, 0.717) is 17.0 Å². The van der Waals surface area contributed by atoms with Crippen LogP contribution in [-0.4, -0.2) is 18.3 Å². The van der Waals surface area contributed by atoms with Crippen LogP contribution in [0, 0.1) is 6.92 Å². The molecule has 0 spiro atoms. The number of halogens is 3. The summed E-state index contributed by atoms with van der Waals surface area (Å²) in [5, 5.41) is 9.97. The van der Waals surface area contributed by atoms with Crippen LogP contribution in [-0.2, 0) is 0 Å². The Bertz CT molecular complexity index is 518. The van der Waals surface area contributed by atoms with Gasteiger partial charge in [-0.25, -0.2) is 4.98 Å². The van der Waals surface area contributed by atoms with Crippen LogP contribution < -0.4 is 0 Å². The van der Waals surface area contributed by atoms with E-state index in [1.54, 1.807) is 17.5 Å². The standard InChI is InChI=1S/C10H9Cl3N2O/c1-6-8(9(16)10(11,12)13)15-5-3-2-4-7(15)14-6/h2-5,9,16H,1H3. The van der Waals surface area contributed by atoms with E-state index in [1.807, 2.05) is 18.2 Å². The molecule has 0 aliphatic heterocycles. The van der Waals surface area contributed by atoms with Gasteiger partial charge in [-0.15, -0.1) is 0 Å². The van der Waals surface area contributed by atoms with Crippen LogP contribution in [0.4, 0.5) is 0 Å². The number of alkyl halides is 3. The van der Waals surface area contributed by atoms with Crippen molar-refractivity contribution >= 4 is 40.4 Å². The van der Waals surface area contributed by atoms with Gasteiger partial charge in [0.05, 0.1) is 11.4 Å². The molecule has 1 N–H and O–H groups in total. The third kappa shape index (κ3) is 2.00. The highest BCUT2D eigenvalue weighted by Crippen LogP contribution is 2.40. The molecule has 0 bridgehead atoms. The summed E-state index contributed by atoms with van der Waals surface area (Å²) < 4.78 is -0.0571. The van der Waals surface area contributed by atoms with Crippen molar-refractivity contribution < 1.29 is 5.11 Å². The summed E-state index contributed by atoms with van der Waals surface area (Å²) in [5.41, 5.74) is 1.85. The van der Waals surface area contributed by atoms with Crippen LogP contribution >= 0.6 is 34.8 Å². The lowest BCUT2D eigenvalue weighted by atomic mass is 10.2. The second kappa shape index (κ2) is 4.08. The van der Waals surface area contributed by atoms with Gasteiger partial charge in [0, 0.05) is 6.20 Å². The summed E-state index contributed by atoms with van der Waals surface area (Å²) in [5.74, 6) is 0. The summed E-state index contributed by atoms with van der Waals surface area (Å²) in [4.78, 5) is 4.27. The van der Waals surface area contributed by atoms with Crippen LogP contribution in [0.5, 0.6) is 0 Å². The summed E-state index contributed by atoms with van der Waals surface area (Å²) in [6, 6.07) is 5.50. The monoisotopic (exact) mass is 278 g/mol. The fourth-order valence-corrected chi connectivity index (χ4v) is 1.93. The summed E-state index contributed by atoms with van der Waals surface area (Å²) >= 11 is 17.1. The Kier molecular flexibility index (Phi) is 3.05. The number of hydrogen-bond acceptors (Lipinski definition) is 2. The Balaban J connectivity index is 2.64. The molecule has 2 aromatic heterocycles. The minimum absolute atomic E-state index is 0.496. The lowest BCUT2D eigenvalue weighted by Crippen LogP contribution is -2.19. The zero-order valence-electron chi connectivity index (χ0n) is 8.36. The van der Waals surface area contributed by atoms with Crippen molar-refractivity contribution in [1.29, 1.82) is 0 Å². The largest absolute Gasteiger partial charge is 0.382 e. The molecule has 2 aromatic rings. The summed E-state index contributed by atoms with van der Waals surface area (Å²) in [6.45, 7) is 1.77. The fourth-order valence-electron chi connectivity index (χ4n) is 1.62. The number of aliphatic hydroxyl groups excluding tert-OH is 1. The molecule has 16 heavy (non-hydrogen) atoms. The van der Waals surface area contributed by atoms with Gasteiger partial charge in [-0.05, 0) is 19.1 Å². The first-order valence-corrected chi connectivity index (χ1v) is 5.73. The van der Waals surface area contributed by atoms with E-state index in [1.165, 1.54) is 0 Å². The maximum absolute atomic E-state index is 9.97. The van der Waals surface area contributed by atoms with Gasteiger partial charge in [-0.1, -0.05) is 40.9 Å². The molecule has 2 heterocycles. The summed E-state index contributed by atoms with van der Waals surface area (Å²) in [7, 11) is 0. The van der Waals surface area contributed by atoms with Crippen LogP contribution in [0.3, 0.4) is 0 Å². The van der Waals surface area contributed by atoms with E-state index < -0.39 is 9.90 Å². The molecule has 6 heteroatoms. The molecule has 0 aromatic carbocycles. The number of aryl methyl sites for hydroxylation is 1. The van der Waals surface area contributed by atoms with Crippen molar-refractivity contribution in [3.8, 4) is 0 Å². The quantitative estimate of drug-likeness (QED) is 0.815. The first-order valence-electron chi connectivity index (χ1n) is 4.59. The molecule has 86 valence electrons. The van der Waals surface area contributed by atoms with E-state index in [-0.39, 0.29) is 0 Å². The van der Waals surface area contributed by atoms with Crippen molar-refractivity contribution in [2.75, 3.05) is 0 Å². The Morgan fingerprint density at radius 3 is 2.69 bits per heavy atom. The van der Waals surface area contributed by atoms with Crippen molar-refractivity contribution in [3.63, 3.8) is 0 Å². The number of hydrogen-bond donors (Lipinski definition) is 1. The van der Waals surface area contributed by atoms with Gasteiger partial charge in [0.15, 0.2) is 0 Å². The van der Waals surface area contributed by atoms with Gasteiger partial charge in [0.1, 0.15) is 11.8 Å². The average molecular weight is 280 g/mol. The molecule has 0 saturated carbocycles. The van der Waals surface area contributed by atoms with Gasteiger partial charge in [0.25, 0.3) is 0 Å². The van der Waals surface area contributed by atoms with Gasteiger partial charge in [-0.3, -0.25) is 0 Å². The first kappa shape index (κ1) is 12.0. The molecule has 1 unspecified atom stereocenters. The van der Waals surface area contributed by atoms with E-state index in [0.717, 1.165) is 0 Å². The number of nitrogens with zero attached hydrogens (tertiary/aromatic N) is 2. The molecule has 0 amide bonds. The Morgan fingerprint density at radius 2 is 2.06 bits per heavy atom. The molecule has 0 saturated heterocycles.